The Kier molecular flexibility index (Phi) is 4.24. The van der Waals surface area contributed by atoms with Crippen molar-refractivity contribution in [2.45, 2.75) is 13.8 Å². The molecule has 114 valence electrons. The highest BCUT2D eigenvalue weighted by Gasteiger charge is 2.09. The van der Waals surface area contributed by atoms with Gasteiger partial charge in [0.2, 0.25) is 0 Å². The summed E-state index contributed by atoms with van der Waals surface area (Å²) in [7, 11) is 0. The van der Waals surface area contributed by atoms with E-state index < -0.39 is 0 Å². The van der Waals surface area contributed by atoms with Gasteiger partial charge in [-0.1, -0.05) is 48.5 Å². The first-order chi connectivity index (χ1) is 11.1. The molecule has 0 amide bonds. The van der Waals surface area contributed by atoms with Crippen LogP contribution in [0.15, 0.2) is 72.8 Å². The van der Waals surface area contributed by atoms with Crippen LogP contribution in [0.2, 0.25) is 0 Å². The Balaban J connectivity index is 1.78. The number of rotatable bonds is 3. The van der Waals surface area contributed by atoms with Crippen molar-refractivity contribution in [1.29, 1.82) is 0 Å². The zero-order chi connectivity index (χ0) is 16.2. The molecule has 3 aromatic carbocycles. The summed E-state index contributed by atoms with van der Waals surface area (Å²) in [5, 5.41) is 0. The van der Waals surface area contributed by atoms with E-state index in [2.05, 4.69) is 0 Å². The lowest BCUT2D eigenvalue weighted by Crippen LogP contribution is -2.08. The van der Waals surface area contributed by atoms with Gasteiger partial charge in [-0.05, 0) is 60.4 Å². The standard InChI is InChI=1S/C21H18O2/c1-15-12-16(2)14-20(13-15)23-21(22)19-10-8-18(9-11-19)17-6-4-3-5-7-17/h3-14H,1-2H3. The fourth-order valence-corrected chi connectivity index (χ4v) is 2.59. The second kappa shape index (κ2) is 6.49. The van der Waals surface area contributed by atoms with Crippen molar-refractivity contribution in [2.24, 2.45) is 0 Å². The highest BCUT2D eigenvalue weighted by Crippen LogP contribution is 2.21. The van der Waals surface area contributed by atoms with E-state index in [0.29, 0.717) is 11.3 Å². The van der Waals surface area contributed by atoms with E-state index in [1.165, 1.54) is 0 Å². The smallest absolute Gasteiger partial charge is 0.343 e. The van der Waals surface area contributed by atoms with Gasteiger partial charge in [-0.25, -0.2) is 4.79 Å². The highest BCUT2D eigenvalue weighted by atomic mass is 16.5. The Labute approximate surface area is 136 Å². The van der Waals surface area contributed by atoms with Gasteiger partial charge in [0, 0.05) is 0 Å². The number of carbonyl (C=O) groups is 1. The third kappa shape index (κ3) is 3.67. The van der Waals surface area contributed by atoms with Gasteiger partial charge in [-0.2, -0.15) is 0 Å². The molecule has 0 heterocycles. The minimum atomic E-state index is -0.338. The molecule has 0 bridgehead atoms. The average molecular weight is 302 g/mol. The maximum atomic E-state index is 12.3. The molecule has 0 aliphatic heterocycles. The van der Waals surface area contributed by atoms with Crippen molar-refractivity contribution >= 4 is 5.97 Å². The minimum Gasteiger partial charge on any atom is -0.423 e. The quantitative estimate of drug-likeness (QED) is 0.491. The van der Waals surface area contributed by atoms with E-state index in [1.54, 1.807) is 12.1 Å². The molecule has 0 N–H and O–H groups in total. The second-order valence-corrected chi connectivity index (χ2v) is 5.66. The van der Waals surface area contributed by atoms with Crippen LogP contribution in [0.3, 0.4) is 0 Å². The number of benzene rings is 3. The molecule has 0 spiro atoms. The van der Waals surface area contributed by atoms with E-state index in [9.17, 15) is 4.79 Å². The molecule has 23 heavy (non-hydrogen) atoms. The normalized spacial score (nSPS) is 10.3. The molecule has 3 aromatic rings. The van der Waals surface area contributed by atoms with Crippen LogP contribution < -0.4 is 4.74 Å². The van der Waals surface area contributed by atoms with Crippen molar-refractivity contribution in [3.63, 3.8) is 0 Å². The van der Waals surface area contributed by atoms with Crippen molar-refractivity contribution < 1.29 is 9.53 Å². The predicted octanol–water partition coefficient (Wildman–Crippen LogP) is 5.19. The molecular weight excluding hydrogens is 284 g/mol. The van der Waals surface area contributed by atoms with Gasteiger partial charge in [-0.15, -0.1) is 0 Å². The molecule has 2 heteroatoms. The second-order valence-electron chi connectivity index (χ2n) is 5.66. The lowest BCUT2D eigenvalue weighted by Gasteiger charge is -2.07. The van der Waals surface area contributed by atoms with E-state index in [-0.39, 0.29) is 5.97 Å². The van der Waals surface area contributed by atoms with Gasteiger partial charge in [-0.3, -0.25) is 0 Å². The summed E-state index contributed by atoms with van der Waals surface area (Å²) < 4.78 is 5.47. The van der Waals surface area contributed by atoms with Gasteiger partial charge >= 0.3 is 5.97 Å². The third-order valence-corrected chi connectivity index (χ3v) is 3.63. The Morgan fingerprint density at radius 1 is 0.739 bits per heavy atom. The highest BCUT2D eigenvalue weighted by molar-refractivity contribution is 5.91. The van der Waals surface area contributed by atoms with Crippen LogP contribution in [0.25, 0.3) is 11.1 Å². The fraction of sp³-hybridized carbons (Fsp3) is 0.0952. The van der Waals surface area contributed by atoms with Crippen LogP contribution in [0.5, 0.6) is 5.75 Å². The summed E-state index contributed by atoms with van der Waals surface area (Å²) in [6, 6.07) is 23.3. The number of aryl methyl sites for hydroxylation is 2. The van der Waals surface area contributed by atoms with Gasteiger partial charge in [0.1, 0.15) is 5.75 Å². The SMILES string of the molecule is Cc1cc(C)cc(OC(=O)c2ccc(-c3ccccc3)cc2)c1. The zero-order valence-corrected chi connectivity index (χ0v) is 13.2. The fourth-order valence-electron chi connectivity index (χ4n) is 2.59. The molecule has 0 atom stereocenters. The van der Waals surface area contributed by atoms with Crippen LogP contribution in [-0.2, 0) is 0 Å². The molecule has 0 saturated heterocycles. The van der Waals surface area contributed by atoms with Crippen LogP contribution >= 0.6 is 0 Å². The molecule has 0 aliphatic rings. The number of hydrogen-bond acceptors (Lipinski definition) is 2. The first kappa shape index (κ1) is 15.0. The van der Waals surface area contributed by atoms with Crippen LogP contribution in [0.4, 0.5) is 0 Å². The number of carbonyl (C=O) groups excluding carboxylic acids is 1. The summed E-state index contributed by atoms with van der Waals surface area (Å²) in [5.74, 6) is 0.245. The van der Waals surface area contributed by atoms with Gasteiger partial charge in [0.25, 0.3) is 0 Å². The van der Waals surface area contributed by atoms with Crippen molar-refractivity contribution in [1.82, 2.24) is 0 Å². The molecule has 0 aliphatic carbocycles. The summed E-state index contributed by atoms with van der Waals surface area (Å²) in [5.41, 5.74) is 4.90. The Hall–Kier alpha value is -2.87. The molecule has 2 nitrogen and oxygen atoms in total. The molecule has 0 unspecified atom stereocenters. The Morgan fingerprint density at radius 3 is 1.91 bits per heavy atom. The number of ether oxygens (including phenoxy) is 1. The summed E-state index contributed by atoms with van der Waals surface area (Å²) >= 11 is 0. The largest absolute Gasteiger partial charge is 0.423 e. The summed E-state index contributed by atoms with van der Waals surface area (Å²) in [4.78, 5) is 12.3. The molecule has 0 saturated carbocycles. The topological polar surface area (TPSA) is 26.3 Å². The van der Waals surface area contributed by atoms with Crippen molar-refractivity contribution in [3.05, 3.63) is 89.5 Å². The van der Waals surface area contributed by atoms with Gasteiger partial charge in [0.05, 0.1) is 5.56 Å². The average Bonchev–Trinajstić information content (AvgIpc) is 2.55. The lowest BCUT2D eigenvalue weighted by atomic mass is 10.0. The summed E-state index contributed by atoms with van der Waals surface area (Å²) in [6.45, 7) is 3.97. The molecule has 3 rings (SSSR count). The third-order valence-electron chi connectivity index (χ3n) is 3.63. The first-order valence-corrected chi connectivity index (χ1v) is 7.58. The van der Waals surface area contributed by atoms with Crippen molar-refractivity contribution in [2.75, 3.05) is 0 Å². The number of hydrogen-bond donors (Lipinski definition) is 0. The maximum Gasteiger partial charge on any atom is 0.343 e. The molecule has 0 radical (unpaired) electrons. The van der Waals surface area contributed by atoms with Crippen LogP contribution in [0.1, 0.15) is 21.5 Å². The maximum absolute atomic E-state index is 12.3. The monoisotopic (exact) mass is 302 g/mol. The van der Waals surface area contributed by atoms with Crippen molar-refractivity contribution in [3.8, 4) is 16.9 Å². The van der Waals surface area contributed by atoms with Crippen LogP contribution in [-0.4, -0.2) is 5.97 Å². The molecule has 0 fully saturated rings. The molecule has 0 aromatic heterocycles. The van der Waals surface area contributed by atoms with E-state index in [4.69, 9.17) is 4.74 Å². The van der Waals surface area contributed by atoms with E-state index in [1.807, 2.05) is 74.5 Å². The molecular formula is C21H18O2. The Morgan fingerprint density at radius 2 is 1.30 bits per heavy atom. The lowest BCUT2D eigenvalue weighted by molar-refractivity contribution is 0.0734. The number of esters is 1. The van der Waals surface area contributed by atoms with Crippen LogP contribution in [0, 0.1) is 13.8 Å². The van der Waals surface area contributed by atoms with Gasteiger partial charge < -0.3 is 4.74 Å². The first-order valence-electron chi connectivity index (χ1n) is 7.58. The summed E-state index contributed by atoms with van der Waals surface area (Å²) in [6.07, 6.45) is 0. The van der Waals surface area contributed by atoms with E-state index >= 15 is 0 Å². The zero-order valence-electron chi connectivity index (χ0n) is 13.2. The minimum absolute atomic E-state index is 0.338. The van der Waals surface area contributed by atoms with Gasteiger partial charge in [0.15, 0.2) is 0 Å². The predicted molar refractivity (Wildman–Crippen MR) is 92.8 cm³/mol. The van der Waals surface area contributed by atoms with E-state index in [0.717, 1.165) is 22.3 Å². The Bertz CT molecular complexity index is 798.